The number of carboxylic acids is 1. The first-order chi connectivity index (χ1) is 8.93. The van der Waals surface area contributed by atoms with Crippen molar-refractivity contribution >= 4 is 23.5 Å². The van der Waals surface area contributed by atoms with Crippen LogP contribution in [0.4, 0.5) is 0 Å². The lowest BCUT2D eigenvalue weighted by atomic mass is 9.93. The van der Waals surface area contributed by atoms with E-state index < -0.39 is 17.9 Å². The van der Waals surface area contributed by atoms with Crippen LogP contribution < -0.4 is 0 Å². The Morgan fingerprint density at radius 1 is 1.42 bits per heavy atom. The van der Waals surface area contributed by atoms with Gasteiger partial charge in [0.05, 0.1) is 12.0 Å². The second-order valence-corrected chi connectivity index (χ2v) is 5.42. The molecule has 2 atom stereocenters. The van der Waals surface area contributed by atoms with Crippen molar-refractivity contribution in [2.24, 2.45) is 5.92 Å². The number of halogens is 1. The zero-order valence-corrected chi connectivity index (χ0v) is 11.6. The van der Waals surface area contributed by atoms with Crippen LogP contribution in [0.5, 0.6) is 0 Å². The minimum absolute atomic E-state index is 0.0312. The molecule has 2 rings (SSSR count). The van der Waals surface area contributed by atoms with Gasteiger partial charge in [0.2, 0.25) is 5.91 Å². The predicted octanol–water partition coefficient (Wildman–Crippen LogP) is 2.72. The Balaban J connectivity index is 2.50. The molecule has 1 heterocycles. The van der Waals surface area contributed by atoms with Gasteiger partial charge in [-0.15, -0.1) is 0 Å². The molecule has 1 amide bonds. The summed E-state index contributed by atoms with van der Waals surface area (Å²) in [6, 6.07) is 6.56. The number of benzene rings is 1. The Hall–Kier alpha value is -1.55. The molecule has 0 saturated carbocycles. The van der Waals surface area contributed by atoms with E-state index in [0.29, 0.717) is 10.6 Å². The SMILES string of the molecule is CC(C)N1C(=O)C[C@@H](C(=O)O)[C@@H]1c1ccccc1Cl. The van der Waals surface area contributed by atoms with Crippen molar-refractivity contribution in [3.63, 3.8) is 0 Å². The zero-order valence-electron chi connectivity index (χ0n) is 10.8. The Kier molecular flexibility index (Phi) is 3.80. The summed E-state index contributed by atoms with van der Waals surface area (Å²) in [7, 11) is 0. The van der Waals surface area contributed by atoms with Crippen LogP contribution in [0, 0.1) is 5.92 Å². The summed E-state index contributed by atoms with van der Waals surface area (Å²) in [5, 5.41) is 9.83. The highest BCUT2D eigenvalue weighted by Crippen LogP contribution is 2.41. The maximum Gasteiger partial charge on any atom is 0.309 e. The maximum atomic E-state index is 12.0. The highest BCUT2D eigenvalue weighted by Gasteiger charge is 2.46. The lowest BCUT2D eigenvalue weighted by Crippen LogP contribution is -2.36. The standard InChI is InChI=1S/C14H16ClNO3/c1-8(2)16-12(17)7-10(14(18)19)13(16)9-5-3-4-6-11(9)15/h3-6,8,10,13H,7H2,1-2H3,(H,18,19)/t10-,13+/m1/s1. The second kappa shape index (κ2) is 5.21. The molecular weight excluding hydrogens is 266 g/mol. The number of nitrogens with zero attached hydrogens (tertiary/aromatic N) is 1. The minimum Gasteiger partial charge on any atom is -0.481 e. The van der Waals surface area contributed by atoms with Crippen LogP contribution in [-0.4, -0.2) is 27.9 Å². The third-order valence-electron chi connectivity index (χ3n) is 3.46. The average Bonchev–Trinajstić information content (AvgIpc) is 2.67. The van der Waals surface area contributed by atoms with E-state index in [4.69, 9.17) is 11.6 Å². The smallest absolute Gasteiger partial charge is 0.309 e. The van der Waals surface area contributed by atoms with Crippen molar-refractivity contribution in [1.82, 2.24) is 4.90 Å². The fourth-order valence-corrected chi connectivity index (χ4v) is 2.91. The van der Waals surface area contributed by atoms with E-state index in [9.17, 15) is 14.7 Å². The summed E-state index contributed by atoms with van der Waals surface area (Å²) < 4.78 is 0. The first-order valence-electron chi connectivity index (χ1n) is 6.22. The van der Waals surface area contributed by atoms with Crippen LogP contribution in [0.1, 0.15) is 31.9 Å². The molecule has 19 heavy (non-hydrogen) atoms. The molecule has 0 radical (unpaired) electrons. The van der Waals surface area contributed by atoms with E-state index in [1.54, 1.807) is 29.2 Å². The van der Waals surface area contributed by atoms with Crippen molar-refractivity contribution in [3.05, 3.63) is 34.9 Å². The van der Waals surface area contributed by atoms with E-state index in [-0.39, 0.29) is 18.4 Å². The van der Waals surface area contributed by atoms with Crippen LogP contribution in [0.25, 0.3) is 0 Å². The molecule has 102 valence electrons. The van der Waals surface area contributed by atoms with Crippen LogP contribution in [0.3, 0.4) is 0 Å². The molecule has 0 spiro atoms. The molecule has 1 fully saturated rings. The third-order valence-corrected chi connectivity index (χ3v) is 3.80. The van der Waals surface area contributed by atoms with Gasteiger partial charge in [0.25, 0.3) is 0 Å². The molecule has 0 aliphatic carbocycles. The van der Waals surface area contributed by atoms with Crippen molar-refractivity contribution in [3.8, 4) is 0 Å². The first-order valence-corrected chi connectivity index (χ1v) is 6.59. The van der Waals surface area contributed by atoms with E-state index >= 15 is 0 Å². The predicted molar refractivity (Wildman–Crippen MR) is 71.9 cm³/mol. The quantitative estimate of drug-likeness (QED) is 0.927. The number of hydrogen-bond acceptors (Lipinski definition) is 2. The van der Waals surface area contributed by atoms with Crippen LogP contribution in [-0.2, 0) is 9.59 Å². The van der Waals surface area contributed by atoms with Crippen LogP contribution >= 0.6 is 11.6 Å². The number of aliphatic carboxylic acids is 1. The van der Waals surface area contributed by atoms with Gasteiger partial charge in [0.15, 0.2) is 0 Å². The summed E-state index contributed by atoms with van der Waals surface area (Å²) in [4.78, 5) is 25.1. The number of amides is 1. The van der Waals surface area contributed by atoms with E-state index in [0.717, 1.165) is 0 Å². The summed E-state index contributed by atoms with van der Waals surface area (Å²) in [5.74, 6) is -1.83. The third kappa shape index (κ3) is 2.45. The highest BCUT2D eigenvalue weighted by atomic mass is 35.5. The average molecular weight is 282 g/mol. The Morgan fingerprint density at radius 3 is 2.58 bits per heavy atom. The van der Waals surface area contributed by atoms with Gasteiger partial charge in [-0.3, -0.25) is 9.59 Å². The second-order valence-electron chi connectivity index (χ2n) is 5.01. The summed E-state index contributed by atoms with van der Waals surface area (Å²) >= 11 is 6.16. The van der Waals surface area contributed by atoms with Crippen molar-refractivity contribution in [1.29, 1.82) is 0 Å². The fourth-order valence-electron chi connectivity index (χ4n) is 2.67. The molecule has 0 aromatic heterocycles. The first kappa shape index (κ1) is 13.9. The van der Waals surface area contributed by atoms with Gasteiger partial charge in [-0.2, -0.15) is 0 Å². The Morgan fingerprint density at radius 2 is 2.05 bits per heavy atom. The molecule has 1 aliphatic heterocycles. The van der Waals surface area contributed by atoms with Gasteiger partial charge in [-0.05, 0) is 25.5 Å². The number of rotatable bonds is 3. The maximum absolute atomic E-state index is 12.0. The van der Waals surface area contributed by atoms with Gasteiger partial charge in [-0.25, -0.2) is 0 Å². The normalized spacial score (nSPS) is 23.2. The Bertz CT molecular complexity index is 515. The highest BCUT2D eigenvalue weighted by molar-refractivity contribution is 6.31. The molecule has 4 nitrogen and oxygen atoms in total. The topological polar surface area (TPSA) is 57.6 Å². The van der Waals surface area contributed by atoms with Gasteiger partial charge < -0.3 is 10.0 Å². The van der Waals surface area contributed by atoms with Gasteiger partial charge in [-0.1, -0.05) is 29.8 Å². The van der Waals surface area contributed by atoms with Crippen molar-refractivity contribution in [2.45, 2.75) is 32.4 Å². The fraction of sp³-hybridized carbons (Fsp3) is 0.429. The lowest BCUT2D eigenvalue weighted by molar-refractivity contribution is -0.142. The number of carboxylic acid groups (broad SMARTS) is 1. The molecule has 0 unspecified atom stereocenters. The number of carbonyl (C=O) groups is 2. The molecule has 1 saturated heterocycles. The summed E-state index contributed by atoms with van der Waals surface area (Å²) in [6.45, 7) is 3.76. The lowest BCUT2D eigenvalue weighted by Gasteiger charge is -2.31. The number of carbonyl (C=O) groups excluding carboxylic acids is 1. The zero-order chi connectivity index (χ0) is 14.2. The minimum atomic E-state index is -0.957. The molecule has 1 N–H and O–H groups in total. The summed E-state index contributed by atoms with van der Waals surface area (Å²) in [5.41, 5.74) is 0.705. The number of hydrogen-bond donors (Lipinski definition) is 1. The van der Waals surface area contributed by atoms with Crippen LogP contribution in [0.15, 0.2) is 24.3 Å². The van der Waals surface area contributed by atoms with Crippen molar-refractivity contribution in [2.75, 3.05) is 0 Å². The number of likely N-dealkylation sites (tertiary alicyclic amines) is 1. The van der Waals surface area contributed by atoms with Crippen LogP contribution in [0.2, 0.25) is 5.02 Å². The monoisotopic (exact) mass is 281 g/mol. The molecular formula is C14H16ClNO3. The largest absolute Gasteiger partial charge is 0.481 e. The summed E-state index contributed by atoms with van der Waals surface area (Å²) in [6.07, 6.45) is 0.0312. The van der Waals surface area contributed by atoms with Gasteiger partial charge in [0.1, 0.15) is 0 Å². The van der Waals surface area contributed by atoms with Crippen molar-refractivity contribution < 1.29 is 14.7 Å². The molecule has 5 heteroatoms. The molecule has 1 aliphatic rings. The molecule has 0 bridgehead atoms. The van der Waals surface area contributed by atoms with E-state index in [1.165, 1.54) is 0 Å². The molecule has 1 aromatic rings. The Labute approximate surface area is 117 Å². The van der Waals surface area contributed by atoms with Gasteiger partial charge in [0, 0.05) is 17.5 Å². The molecule has 1 aromatic carbocycles. The van der Waals surface area contributed by atoms with E-state index in [2.05, 4.69) is 0 Å². The van der Waals surface area contributed by atoms with Gasteiger partial charge >= 0.3 is 5.97 Å². The van der Waals surface area contributed by atoms with E-state index in [1.807, 2.05) is 13.8 Å².